The van der Waals surface area contributed by atoms with Gasteiger partial charge in [0.25, 0.3) is 5.69 Å². The molecule has 2 aromatic rings. The molecule has 0 heterocycles. The van der Waals surface area contributed by atoms with Crippen molar-refractivity contribution in [2.75, 3.05) is 0 Å². The van der Waals surface area contributed by atoms with Gasteiger partial charge in [0, 0.05) is 0 Å². The maximum Gasteiger partial charge on any atom is 0.278 e. The molecule has 0 atom stereocenters. The van der Waals surface area contributed by atoms with Crippen LogP contribution in [-0.2, 0) is 13.2 Å². The molecule has 0 spiro atoms. The number of nitrogens with zero attached hydrogens (tertiary/aromatic N) is 1. The number of aliphatic hydroxyl groups excluding tert-OH is 1. The molecule has 5 nitrogen and oxygen atoms in total. The summed E-state index contributed by atoms with van der Waals surface area (Å²) in [6.45, 7) is -0.0221. The minimum absolute atomic E-state index is 0.131. The van der Waals surface area contributed by atoms with E-state index in [-0.39, 0.29) is 17.9 Å². The fraction of sp³-hybridized carbons (Fsp3) is 0.143. The van der Waals surface area contributed by atoms with Gasteiger partial charge in [0.2, 0.25) is 0 Å². The number of rotatable bonds is 5. The molecule has 98 valence electrons. The Labute approximate surface area is 110 Å². The van der Waals surface area contributed by atoms with E-state index in [1.807, 2.05) is 30.3 Å². The van der Waals surface area contributed by atoms with E-state index < -0.39 is 4.92 Å². The average Bonchev–Trinajstić information content (AvgIpc) is 2.46. The molecule has 0 aliphatic heterocycles. The van der Waals surface area contributed by atoms with Crippen molar-refractivity contribution in [3.8, 4) is 5.75 Å². The summed E-state index contributed by atoms with van der Waals surface area (Å²) in [5.41, 5.74) is 1.13. The van der Waals surface area contributed by atoms with Crippen LogP contribution in [0, 0.1) is 10.1 Å². The number of hydrogen-bond donors (Lipinski definition) is 1. The van der Waals surface area contributed by atoms with Crippen LogP contribution in [0.4, 0.5) is 5.69 Å². The molecule has 0 saturated carbocycles. The highest BCUT2D eigenvalue weighted by atomic mass is 16.6. The van der Waals surface area contributed by atoms with Crippen molar-refractivity contribution in [2.24, 2.45) is 0 Å². The van der Waals surface area contributed by atoms with Crippen molar-refractivity contribution in [1.82, 2.24) is 0 Å². The maximum atomic E-state index is 10.8. The van der Waals surface area contributed by atoms with E-state index in [0.29, 0.717) is 12.4 Å². The minimum Gasteiger partial charge on any atom is -0.489 e. The zero-order chi connectivity index (χ0) is 13.7. The van der Waals surface area contributed by atoms with Crippen molar-refractivity contribution in [1.29, 1.82) is 0 Å². The lowest BCUT2D eigenvalue weighted by Crippen LogP contribution is -1.99. The summed E-state index contributed by atoms with van der Waals surface area (Å²) < 4.78 is 5.50. The van der Waals surface area contributed by atoms with E-state index in [9.17, 15) is 10.1 Å². The summed E-state index contributed by atoms with van der Waals surface area (Å²) in [7, 11) is 0. The lowest BCUT2D eigenvalue weighted by Gasteiger charge is -2.07. The Morgan fingerprint density at radius 2 is 1.89 bits per heavy atom. The standard InChI is InChI=1S/C14H13NO4/c16-9-12-6-7-13(8-14(12)15(17)18)19-10-11-4-2-1-3-5-11/h1-8,16H,9-10H2. The summed E-state index contributed by atoms with van der Waals surface area (Å²) in [6, 6.07) is 14.0. The molecule has 0 radical (unpaired) electrons. The van der Waals surface area contributed by atoms with Crippen LogP contribution in [0.2, 0.25) is 0 Å². The molecule has 19 heavy (non-hydrogen) atoms. The average molecular weight is 259 g/mol. The van der Waals surface area contributed by atoms with Gasteiger partial charge in [-0.2, -0.15) is 0 Å². The molecule has 2 aromatic carbocycles. The number of hydrogen-bond acceptors (Lipinski definition) is 4. The second-order valence-corrected chi connectivity index (χ2v) is 3.98. The van der Waals surface area contributed by atoms with E-state index in [4.69, 9.17) is 9.84 Å². The van der Waals surface area contributed by atoms with Crippen LogP contribution in [0.1, 0.15) is 11.1 Å². The zero-order valence-corrected chi connectivity index (χ0v) is 10.2. The molecule has 0 unspecified atom stereocenters. The predicted molar refractivity (Wildman–Crippen MR) is 69.8 cm³/mol. The summed E-state index contributed by atoms with van der Waals surface area (Å²) in [5, 5.41) is 19.9. The largest absolute Gasteiger partial charge is 0.489 e. The molecular formula is C14H13NO4. The third kappa shape index (κ3) is 3.29. The Kier molecular flexibility index (Phi) is 4.10. The Hall–Kier alpha value is -2.40. The summed E-state index contributed by atoms with van der Waals surface area (Å²) in [4.78, 5) is 10.3. The van der Waals surface area contributed by atoms with Gasteiger partial charge in [-0.3, -0.25) is 10.1 Å². The van der Waals surface area contributed by atoms with Crippen LogP contribution in [0.5, 0.6) is 5.75 Å². The van der Waals surface area contributed by atoms with Crippen molar-refractivity contribution in [2.45, 2.75) is 13.2 Å². The van der Waals surface area contributed by atoms with Crippen molar-refractivity contribution >= 4 is 5.69 Å². The van der Waals surface area contributed by atoms with E-state index in [0.717, 1.165) is 5.56 Å². The first-order valence-electron chi connectivity index (χ1n) is 5.75. The van der Waals surface area contributed by atoms with Gasteiger partial charge in [0.05, 0.1) is 23.2 Å². The first kappa shape index (κ1) is 13.0. The van der Waals surface area contributed by atoms with Crippen LogP contribution < -0.4 is 4.74 Å². The quantitative estimate of drug-likeness (QED) is 0.661. The molecule has 0 fully saturated rings. The second-order valence-electron chi connectivity index (χ2n) is 3.98. The smallest absolute Gasteiger partial charge is 0.278 e. The normalized spacial score (nSPS) is 10.2. The highest BCUT2D eigenvalue weighted by Gasteiger charge is 2.14. The van der Waals surface area contributed by atoms with Gasteiger partial charge < -0.3 is 9.84 Å². The lowest BCUT2D eigenvalue weighted by molar-refractivity contribution is -0.385. The van der Waals surface area contributed by atoms with Gasteiger partial charge in [0.15, 0.2) is 0 Å². The van der Waals surface area contributed by atoms with Crippen LogP contribution in [0.25, 0.3) is 0 Å². The second kappa shape index (κ2) is 5.97. The van der Waals surface area contributed by atoms with Gasteiger partial charge in [-0.1, -0.05) is 30.3 Å². The Balaban J connectivity index is 2.13. The number of benzene rings is 2. The molecule has 0 aliphatic rings. The molecule has 0 bridgehead atoms. The van der Waals surface area contributed by atoms with E-state index in [1.165, 1.54) is 12.1 Å². The van der Waals surface area contributed by atoms with Crippen LogP contribution >= 0.6 is 0 Å². The van der Waals surface area contributed by atoms with E-state index in [2.05, 4.69) is 0 Å². The summed E-state index contributed by atoms with van der Waals surface area (Å²) in [5.74, 6) is 0.410. The van der Waals surface area contributed by atoms with Gasteiger partial charge in [-0.05, 0) is 17.7 Å². The van der Waals surface area contributed by atoms with Gasteiger partial charge in [-0.25, -0.2) is 0 Å². The molecule has 2 rings (SSSR count). The predicted octanol–water partition coefficient (Wildman–Crippen LogP) is 2.67. The number of ether oxygens (including phenoxy) is 1. The molecule has 0 aromatic heterocycles. The highest BCUT2D eigenvalue weighted by Crippen LogP contribution is 2.25. The molecule has 0 amide bonds. The molecule has 1 N–H and O–H groups in total. The van der Waals surface area contributed by atoms with Crippen molar-refractivity contribution in [3.05, 3.63) is 69.8 Å². The van der Waals surface area contributed by atoms with E-state index in [1.54, 1.807) is 6.07 Å². The number of aliphatic hydroxyl groups is 1. The van der Waals surface area contributed by atoms with Gasteiger partial charge in [-0.15, -0.1) is 0 Å². The first-order valence-corrected chi connectivity index (χ1v) is 5.75. The molecule has 0 saturated heterocycles. The molecule has 5 heteroatoms. The highest BCUT2D eigenvalue weighted by molar-refractivity contribution is 5.45. The van der Waals surface area contributed by atoms with Crippen LogP contribution in [-0.4, -0.2) is 10.0 Å². The van der Waals surface area contributed by atoms with Crippen LogP contribution in [0.15, 0.2) is 48.5 Å². The lowest BCUT2D eigenvalue weighted by atomic mass is 10.2. The number of nitro groups is 1. The van der Waals surface area contributed by atoms with Crippen molar-refractivity contribution < 1.29 is 14.8 Å². The monoisotopic (exact) mass is 259 g/mol. The van der Waals surface area contributed by atoms with Gasteiger partial charge in [0.1, 0.15) is 12.4 Å². The Bertz CT molecular complexity index is 569. The van der Waals surface area contributed by atoms with E-state index >= 15 is 0 Å². The Morgan fingerprint density at radius 3 is 2.53 bits per heavy atom. The minimum atomic E-state index is -0.527. The first-order chi connectivity index (χ1) is 9.20. The molecule has 0 aliphatic carbocycles. The van der Waals surface area contributed by atoms with Crippen LogP contribution in [0.3, 0.4) is 0 Å². The summed E-state index contributed by atoms with van der Waals surface area (Å²) in [6.07, 6.45) is 0. The topological polar surface area (TPSA) is 72.6 Å². The zero-order valence-electron chi connectivity index (χ0n) is 10.2. The number of nitro benzene ring substituents is 1. The third-order valence-electron chi connectivity index (χ3n) is 2.67. The fourth-order valence-corrected chi connectivity index (χ4v) is 1.68. The van der Waals surface area contributed by atoms with Gasteiger partial charge >= 0.3 is 0 Å². The Morgan fingerprint density at radius 1 is 1.16 bits per heavy atom. The third-order valence-corrected chi connectivity index (χ3v) is 2.67. The fourth-order valence-electron chi connectivity index (χ4n) is 1.68. The van der Waals surface area contributed by atoms with Crippen molar-refractivity contribution in [3.63, 3.8) is 0 Å². The summed E-state index contributed by atoms with van der Waals surface area (Å²) >= 11 is 0. The molecular weight excluding hydrogens is 246 g/mol. The SMILES string of the molecule is O=[N+]([O-])c1cc(OCc2ccccc2)ccc1CO. The maximum absolute atomic E-state index is 10.8.